The Hall–Kier alpha value is -2.53. The number of nitrogens with zero attached hydrogens (tertiary/aromatic N) is 2. The van der Waals surface area contributed by atoms with Gasteiger partial charge < -0.3 is 19.9 Å². The van der Waals surface area contributed by atoms with Gasteiger partial charge in [-0.3, -0.25) is 4.79 Å². The van der Waals surface area contributed by atoms with Crippen molar-refractivity contribution in [1.29, 1.82) is 0 Å². The maximum atomic E-state index is 11.9. The number of rotatable bonds is 6. The van der Waals surface area contributed by atoms with E-state index in [0.29, 0.717) is 6.54 Å². The Morgan fingerprint density at radius 2 is 1.64 bits per heavy atom. The van der Waals surface area contributed by atoms with E-state index in [1.54, 1.807) is 14.2 Å². The highest BCUT2D eigenvalue weighted by Gasteiger charge is 2.19. The number of hydrogen-bond acceptors (Lipinski definition) is 5. The second kappa shape index (κ2) is 8.03. The molecule has 1 saturated heterocycles. The first-order valence-corrected chi connectivity index (χ1v) is 8.63. The van der Waals surface area contributed by atoms with Crippen molar-refractivity contribution in [2.45, 2.75) is 0 Å². The second-order valence-electron chi connectivity index (χ2n) is 6.15. The molecule has 5 nitrogen and oxygen atoms in total. The second-order valence-corrected chi connectivity index (χ2v) is 6.15. The summed E-state index contributed by atoms with van der Waals surface area (Å²) >= 11 is 0. The molecule has 0 amide bonds. The van der Waals surface area contributed by atoms with Crippen LogP contribution in [-0.4, -0.2) is 52.7 Å². The molecule has 0 saturated carbocycles. The van der Waals surface area contributed by atoms with Crippen LogP contribution in [-0.2, 0) is 0 Å². The first-order valence-electron chi connectivity index (χ1n) is 8.63. The number of anilines is 2. The molecule has 2 aromatic carbocycles. The highest BCUT2D eigenvalue weighted by molar-refractivity contribution is 5.97. The van der Waals surface area contributed by atoms with Crippen molar-refractivity contribution in [2.75, 3.05) is 56.7 Å². The van der Waals surface area contributed by atoms with Gasteiger partial charge >= 0.3 is 0 Å². The Labute approximate surface area is 149 Å². The fourth-order valence-electron chi connectivity index (χ4n) is 3.22. The number of carbonyl (C=O) groups excluding carboxylic acids is 1. The lowest BCUT2D eigenvalue weighted by atomic mass is 10.1. The summed E-state index contributed by atoms with van der Waals surface area (Å²) in [5.41, 5.74) is 3.07. The molecular formula is C20H25N3O2. The zero-order valence-electron chi connectivity index (χ0n) is 14.9. The molecule has 0 aliphatic carbocycles. The molecule has 0 bridgehead atoms. The highest BCUT2D eigenvalue weighted by Crippen LogP contribution is 2.29. The molecule has 25 heavy (non-hydrogen) atoms. The largest absolute Gasteiger partial charge is 0.495 e. The van der Waals surface area contributed by atoms with Crippen LogP contribution in [0.4, 0.5) is 11.4 Å². The van der Waals surface area contributed by atoms with E-state index in [2.05, 4.69) is 21.2 Å². The van der Waals surface area contributed by atoms with Gasteiger partial charge in [-0.05, 0) is 43.4 Å². The van der Waals surface area contributed by atoms with Gasteiger partial charge in [0.1, 0.15) is 5.75 Å². The molecule has 1 aliphatic heterocycles. The van der Waals surface area contributed by atoms with Crippen molar-refractivity contribution in [3.8, 4) is 5.75 Å². The number of piperazine rings is 1. The molecule has 5 heteroatoms. The molecule has 0 unspecified atom stereocenters. The van der Waals surface area contributed by atoms with Crippen LogP contribution >= 0.6 is 0 Å². The molecule has 3 rings (SSSR count). The van der Waals surface area contributed by atoms with E-state index < -0.39 is 0 Å². The molecule has 2 aromatic rings. The lowest BCUT2D eigenvalue weighted by molar-refractivity contribution is 0.0993. The van der Waals surface area contributed by atoms with Gasteiger partial charge in [-0.25, -0.2) is 0 Å². The Morgan fingerprint density at radius 3 is 2.28 bits per heavy atom. The Morgan fingerprint density at radius 1 is 1.00 bits per heavy atom. The number of nitrogens with one attached hydrogen (secondary N) is 1. The number of likely N-dealkylation sites (N-methyl/N-ethyl adjacent to an activating group) is 1. The summed E-state index contributed by atoms with van der Waals surface area (Å²) in [4.78, 5) is 16.6. The van der Waals surface area contributed by atoms with Gasteiger partial charge in [-0.15, -0.1) is 0 Å². The third kappa shape index (κ3) is 3.94. The Bertz CT molecular complexity index is 707. The maximum Gasteiger partial charge on any atom is 0.176 e. The van der Waals surface area contributed by atoms with E-state index in [1.807, 2.05) is 42.5 Å². The number of para-hydroxylation sites is 2. The summed E-state index contributed by atoms with van der Waals surface area (Å²) in [5, 5.41) is 2.90. The quantitative estimate of drug-likeness (QED) is 0.819. The average molecular weight is 339 g/mol. The fourth-order valence-corrected chi connectivity index (χ4v) is 3.22. The van der Waals surface area contributed by atoms with Gasteiger partial charge in [0.25, 0.3) is 0 Å². The van der Waals surface area contributed by atoms with E-state index in [1.165, 1.54) is 5.69 Å². The first-order chi connectivity index (χ1) is 12.2. The summed E-state index contributed by atoms with van der Waals surface area (Å²) < 4.78 is 5.47. The summed E-state index contributed by atoms with van der Waals surface area (Å²) in [6, 6.07) is 16.1. The van der Waals surface area contributed by atoms with E-state index in [9.17, 15) is 4.79 Å². The van der Waals surface area contributed by atoms with Crippen molar-refractivity contribution in [2.24, 2.45) is 0 Å². The van der Waals surface area contributed by atoms with Gasteiger partial charge in [-0.2, -0.15) is 0 Å². The molecule has 0 spiro atoms. The van der Waals surface area contributed by atoms with Gasteiger partial charge in [0.15, 0.2) is 5.78 Å². The van der Waals surface area contributed by atoms with Gasteiger partial charge in [0, 0.05) is 37.4 Å². The van der Waals surface area contributed by atoms with Crippen LogP contribution in [0, 0.1) is 0 Å². The number of ketones is 1. The number of Topliss-reactive ketones (excluding diaryl/α,β-unsaturated/α-hetero) is 1. The Kier molecular flexibility index (Phi) is 5.56. The monoisotopic (exact) mass is 339 g/mol. The van der Waals surface area contributed by atoms with Gasteiger partial charge in [0.05, 0.1) is 19.3 Å². The smallest absolute Gasteiger partial charge is 0.176 e. The molecule has 0 radical (unpaired) electrons. The van der Waals surface area contributed by atoms with Crippen LogP contribution in [0.2, 0.25) is 0 Å². The molecule has 1 fully saturated rings. The topological polar surface area (TPSA) is 44.8 Å². The minimum atomic E-state index is 0.120. The predicted molar refractivity (Wildman–Crippen MR) is 102 cm³/mol. The van der Waals surface area contributed by atoms with Crippen LogP contribution in [0.25, 0.3) is 0 Å². The summed E-state index contributed by atoms with van der Waals surface area (Å²) in [6.45, 7) is 4.16. The molecule has 0 atom stereocenters. The number of methoxy groups -OCH3 is 1. The number of carbonyl (C=O) groups is 1. The van der Waals surface area contributed by atoms with E-state index >= 15 is 0 Å². The fraction of sp³-hybridized carbons (Fsp3) is 0.350. The summed E-state index contributed by atoms with van der Waals surface area (Å²) in [6.07, 6.45) is 0. The number of hydrogen-bond donors (Lipinski definition) is 1. The average Bonchev–Trinajstić information content (AvgIpc) is 2.68. The van der Waals surface area contributed by atoms with Crippen molar-refractivity contribution in [3.63, 3.8) is 0 Å². The molecule has 1 aliphatic rings. The maximum absolute atomic E-state index is 11.9. The van der Waals surface area contributed by atoms with Crippen molar-refractivity contribution >= 4 is 17.2 Å². The van der Waals surface area contributed by atoms with Gasteiger partial charge in [-0.1, -0.05) is 12.1 Å². The minimum Gasteiger partial charge on any atom is -0.495 e. The standard InChI is InChI=1S/C20H25N3O2/c1-21-15-19(24)16-7-9-17(10-8-16)22-11-13-23(14-12-22)18-5-3-4-6-20(18)25-2/h3-10,21H,11-15H2,1-2H3. The van der Waals surface area contributed by atoms with Crippen LogP contribution in [0.5, 0.6) is 5.75 Å². The van der Waals surface area contributed by atoms with Crippen LogP contribution in [0.1, 0.15) is 10.4 Å². The van der Waals surface area contributed by atoms with E-state index in [4.69, 9.17) is 4.74 Å². The normalized spacial score (nSPS) is 14.5. The zero-order chi connectivity index (χ0) is 17.6. The SMILES string of the molecule is CNCC(=O)c1ccc(N2CCN(c3ccccc3OC)CC2)cc1. The molecule has 1 N–H and O–H groups in total. The van der Waals surface area contributed by atoms with Crippen molar-refractivity contribution < 1.29 is 9.53 Å². The zero-order valence-corrected chi connectivity index (χ0v) is 14.9. The first kappa shape index (κ1) is 17.3. The molecule has 0 aromatic heterocycles. The van der Waals surface area contributed by atoms with Crippen LogP contribution < -0.4 is 19.9 Å². The Balaban J connectivity index is 1.63. The number of ether oxygens (including phenoxy) is 1. The summed E-state index contributed by atoms with van der Waals surface area (Å²) in [5.74, 6) is 1.04. The minimum absolute atomic E-state index is 0.120. The van der Waals surface area contributed by atoms with E-state index in [0.717, 1.165) is 43.2 Å². The van der Waals surface area contributed by atoms with Crippen LogP contribution in [0.15, 0.2) is 48.5 Å². The van der Waals surface area contributed by atoms with E-state index in [-0.39, 0.29) is 5.78 Å². The van der Waals surface area contributed by atoms with Crippen LogP contribution in [0.3, 0.4) is 0 Å². The lowest BCUT2D eigenvalue weighted by Gasteiger charge is -2.37. The lowest BCUT2D eigenvalue weighted by Crippen LogP contribution is -2.46. The summed E-state index contributed by atoms with van der Waals surface area (Å²) in [7, 11) is 3.50. The highest BCUT2D eigenvalue weighted by atomic mass is 16.5. The predicted octanol–water partition coefficient (Wildman–Crippen LogP) is 2.42. The van der Waals surface area contributed by atoms with Gasteiger partial charge in [0.2, 0.25) is 0 Å². The van der Waals surface area contributed by atoms with Crippen molar-refractivity contribution in [3.05, 3.63) is 54.1 Å². The van der Waals surface area contributed by atoms with Crippen molar-refractivity contribution in [1.82, 2.24) is 5.32 Å². The third-order valence-corrected chi connectivity index (χ3v) is 4.60. The molecule has 1 heterocycles. The molecular weight excluding hydrogens is 314 g/mol. The third-order valence-electron chi connectivity index (χ3n) is 4.60. The number of benzene rings is 2. The molecule has 132 valence electrons.